The summed E-state index contributed by atoms with van der Waals surface area (Å²) in [6.07, 6.45) is 3.58. The van der Waals surface area contributed by atoms with Gasteiger partial charge in [-0.3, -0.25) is 4.98 Å². The largest absolute Gasteiger partial charge is 0.256 e. The topological polar surface area (TPSA) is 36.7 Å². The molecule has 4 heteroatoms. The second-order valence-corrected chi connectivity index (χ2v) is 6.62. The zero-order valence-electron chi connectivity index (χ0n) is 11.5. The van der Waals surface area contributed by atoms with Crippen LogP contribution in [-0.2, 0) is 0 Å². The van der Waals surface area contributed by atoms with Crippen molar-refractivity contribution in [2.75, 3.05) is 0 Å². The maximum absolute atomic E-state index is 9.34. The fraction of sp³-hybridized carbons (Fsp3) is 0. The molecule has 2 aromatic heterocycles. The van der Waals surface area contributed by atoms with Crippen LogP contribution in [-0.4, -0.2) is 4.98 Å². The Kier molecular flexibility index (Phi) is 4.47. The molecular formula is C18H11BrN2S. The molecule has 0 unspecified atom stereocenters. The third-order valence-corrected chi connectivity index (χ3v) is 4.71. The Labute approximate surface area is 141 Å². The van der Waals surface area contributed by atoms with E-state index < -0.39 is 0 Å². The van der Waals surface area contributed by atoms with Gasteiger partial charge in [0.15, 0.2) is 0 Å². The van der Waals surface area contributed by atoms with Crippen molar-refractivity contribution in [1.29, 1.82) is 5.26 Å². The number of benzene rings is 1. The lowest BCUT2D eigenvalue weighted by Gasteiger charge is -1.97. The Balaban J connectivity index is 1.92. The first-order valence-corrected chi connectivity index (χ1v) is 8.26. The fourth-order valence-electron chi connectivity index (χ4n) is 2.03. The monoisotopic (exact) mass is 366 g/mol. The van der Waals surface area contributed by atoms with Gasteiger partial charge in [-0.05, 0) is 48.0 Å². The normalized spacial score (nSPS) is 11.2. The minimum atomic E-state index is 0.574. The number of hydrogen-bond donors (Lipinski definition) is 0. The highest BCUT2D eigenvalue weighted by Crippen LogP contribution is 2.31. The molecule has 0 fully saturated rings. The van der Waals surface area contributed by atoms with Gasteiger partial charge in [0.2, 0.25) is 0 Å². The van der Waals surface area contributed by atoms with Crippen LogP contribution in [0.25, 0.3) is 22.1 Å². The van der Waals surface area contributed by atoms with Gasteiger partial charge < -0.3 is 0 Å². The smallest absolute Gasteiger partial charge is 0.101 e. The zero-order valence-corrected chi connectivity index (χ0v) is 13.9. The number of thiophene rings is 1. The number of nitrogens with zero attached hydrogens (tertiary/aromatic N) is 2. The average molecular weight is 367 g/mol. The van der Waals surface area contributed by atoms with E-state index in [0.29, 0.717) is 11.3 Å². The number of aromatic nitrogens is 1. The molecular weight excluding hydrogens is 356 g/mol. The summed E-state index contributed by atoms with van der Waals surface area (Å²) >= 11 is 5.10. The maximum Gasteiger partial charge on any atom is 0.101 e. The van der Waals surface area contributed by atoms with Crippen LogP contribution in [0.3, 0.4) is 0 Å². The Hall–Kier alpha value is -2.22. The highest BCUT2D eigenvalue weighted by molar-refractivity contribution is 9.10. The molecule has 3 aromatic rings. The number of pyridine rings is 1. The zero-order chi connectivity index (χ0) is 15.4. The number of halogens is 1. The van der Waals surface area contributed by atoms with Gasteiger partial charge in [0.1, 0.15) is 6.07 Å². The first-order valence-electron chi connectivity index (χ1n) is 6.65. The summed E-state index contributed by atoms with van der Waals surface area (Å²) in [4.78, 5) is 6.45. The van der Waals surface area contributed by atoms with Gasteiger partial charge in [-0.2, -0.15) is 5.26 Å². The van der Waals surface area contributed by atoms with E-state index in [2.05, 4.69) is 45.2 Å². The molecule has 0 aliphatic heterocycles. The van der Waals surface area contributed by atoms with Crippen molar-refractivity contribution >= 4 is 38.9 Å². The summed E-state index contributed by atoms with van der Waals surface area (Å²) in [5, 5.41) is 9.34. The number of rotatable bonds is 3. The number of allylic oxidation sites excluding steroid dienone is 1. The van der Waals surface area contributed by atoms with Crippen LogP contribution < -0.4 is 0 Å². The van der Waals surface area contributed by atoms with Crippen molar-refractivity contribution in [3.63, 3.8) is 0 Å². The van der Waals surface area contributed by atoms with E-state index in [9.17, 15) is 5.26 Å². The van der Waals surface area contributed by atoms with Crippen LogP contribution in [0.15, 0.2) is 65.3 Å². The van der Waals surface area contributed by atoms with Crippen molar-refractivity contribution in [3.05, 3.63) is 75.8 Å². The summed E-state index contributed by atoms with van der Waals surface area (Å²) in [6.45, 7) is 0. The summed E-state index contributed by atoms with van der Waals surface area (Å²) in [7, 11) is 0. The molecule has 2 nitrogen and oxygen atoms in total. The highest BCUT2D eigenvalue weighted by atomic mass is 79.9. The van der Waals surface area contributed by atoms with Crippen LogP contribution in [0.2, 0.25) is 0 Å². The second kappa shape index (κ2) is 6.69. The van der Waals surface area contributed by atoms with Gasteiger partial charge in [0.25, 0.3) is 0 Å². The molecule has 106 valence electrons. The van der Waals surface area contributed by atoms with Crippen LogP contribution in [0.5, 0.6) is 0 Å². The van der Waals surface area contributed by atoms with Gasteiger partial charge in [0.05, 0.1) is 11.3 Å². The van der Waals surface area contributed by atoms with E-state index in [1.54, 1.807) is 17.5 Å². The predicted octanol–water partition coefficient (Wildman–Crippen LogP) is 5.64. The van der Waals surface area contributed by atoms with Gasteiger partial charge in [0, 0.05) is 20.4 Å². The minimum Gasteiger partial charge on any atom is -0.256 e. The predicted molar refractivity (Wildman–Crippen MR) is 95.2 cm³/mol. The molecule has 0 bridgehead atoms. The SMILES string of the molecule is N#CC(=Cc1ccc(-c2ccc(Br)cc2)s1)c1ccccn1. The summed E-state index contributed by atoms with van der Waals surface area (Å²) in [6, 6.07) is 20.1. The molecule has 0 spiro atoms. The van der Waals surface area contributed by atoms with Crippen molar-refractivity contribution in [3.8, 4) is 16.5 Å². The lowest BCUT2D eigenvalue weighted by molar-refractivity contribution is 1.28. The maximum atomic E-state index is 9.34. The van der Waals surface area contributed by atoms with E-state index in [1.165, 1.54) is 10.4 Å². The first kappa shape index (κ1) is 14.7. The van der Waals surface area contributed by atoms with Crippen LogP contribution in [0.1, 0.15) is 10.6 Å². The Morgan fingerprint density at radius 1 is 1.09 bits per heavy atom. The minimum absolute atomic E-state index is 0.574. The Morgan fingerprint density at radius 3 is 2.59 bits per heavy atom. The molecule has 2 heterocycles. The molecule has 0 atom stereocenters. The van der Waals surface area contributed by atoms with Crippen LogP contribution in [0, 0.1) is 11.3 Å². The van der Waals surface area contributed by atoms with Crippen LogP contribution >= 0.6 is 27.3 Å². The molecule has 0 N–H and O–H groups in total. The summed E-state index contributed by atoms with van der Waals surface area (Å²) in [5.41, 5.74) is 2.44. The lowest BCUT2D eigenvalue weighted by atomic mass is 10.1. The molecule has 0 saturated carbocycles. The molecule has 0 radical (unpaired) electrons. The third kappa shape index (κ3) is 3.33. The van der Waals surface area contributed by atoms with Gasteiger partial charge in [-0.25, -0.2) is 0 Å². The molecule has 0 amide bonds. The highest BCUT2D eigenvalue weighted by Gasteiger charge is 2.05. The van der Waals surface area contributed by atoms with Crippen molar-refractivity contribution in [1.82, 2.24) is 4.98 Å². The third-order valence-electron chi connectivity index (χ3n) is 3.10. The van der Waals surface area contributed by atoms with Gasteiger partial charge >= 0.3 is 0 Å². The fourth-order valence-corrected chi connectivity index (χ4v) is 3.25. The van der Waals surface area contributed by atoms with E-state index in [-0.39, 0.29) is 0 Å². The molecule has 0 aliphatic carbocycles. The number of hydrogen-bond acceptors (Lipinski definition) is 3. The molecule has 22 heavy (non-hydrogen) atoms. The van der Waals surface area contributed by atoms with E-state index in [0.717, 1.165) is 9.35 Å². The first-order chi connectivity index (χ1) is 10.8. The molecule has 1 aromatic carbocycles. The van der Waals surface area contributed by atoms with E-state index in [1.807, 2.05) is 42.5 Å². The Morgan fingerprint density at radius 2 is 1.91 bits per heavy atom. The van der Waals surface area contributed by atoms with Crippen LogP contribution in [0.4, 0.5) is 0 Å². The average Bonchev–Trinajstić information content (AvgIpc) is 3.03. The van der Waals surface area contributed by atoms with E-state index >= 15 is 0 Å². The van der Waals surface area contributed by atoms with Gasteiger partial charge in [-0.1, -0.05) is 34.1 Å². The second-order valence-electron chi connectivity index (χ2n) is 4.59. The van der Waals surface area contributed by atoms with E-state index in [4.69, 9.17) is 0 Å². The molecule has 0 aliphatic rings. The quantitative estimate of drug-likeness (QED) is 0.562. The van der Waals surface area contributed by atoms with Crippen molar-refractivity contribution < 1.29 is 0 Å². The van der Waals surface area contributed by atoms with Crippen molar-refractivity contribution in [2.24, 2.45) is 0 Å². The summed E-state index contributed by atoms with van der Waals surface area (Å²) < 4.78 is 1.06. The Bertz CT molecular complexity index is 843. The number of nitriles is 1. The molecule has 0 saturated heterocycles. The van der Waals surface area contributed by atoms with Crippen molar-refractivity contribution in [2.45, 2.75) is 0 Å². The molecule has 3 rings (SSSR count). The summed E-state index contributed by atoms with van der Waals surface area (Å²) in [5.74, 6) is 0. The van der Waals surface area contributed by atoms with Gasteiger partial charge in [-0.15, -0.1) is 11.3 Å². The standard InChI is InChI=1S/C18H11BrN2S/c19-15-6-4-13(5-7-15)18-9-8-16(22-18)11-14(12-20)17-3-1-2-10-21-17/h1-11H. The lowest BCUT2D eigenvalue weighted by Crippen LogP contribution is -1.84.